The normalized spacial score (nSPS) is 17.0. The average molecular weight is 197 g/mol. The predicted molar refractivity (Wildman–Crippen MR) is 61.9 cm³/mol. The fraction of sp³-hybridized carbons (Fsp3) is 0.833. The summed E-state index contributed by atoms with van der Waals surface area (Å²) in [7, 11) is 0. The lowest BCUT2D eigenvalue weighted by Crippen LogP contribution is -2.28. The van der Waals surface area contributed by atoms with Gasteiger partial charge in [0.1, 0.15) is 5.78 Å². The SMILES string of the molecule is CCC(C)N=C[C@H](C(C)=O)C(C)(C)C. The van der Waals surface area contributed by atoms with Gasteiger partial charge in [-0.25, -0.2) is 0 Å². The number of rotatable bonds is 4. The molecule has 0 heterocycles. The Morgan fingerprint density at radius 1 is 1.43 bits per heavy atom. The molecule has 2 nitrogen and oxygen atoms in total. The highest BCUT2D eigenvalue weighted by molar-refractivity contribution is 5.94. The third-order valence-electron chi connectivity index (χ3n) is 2.45. The van der Waals surface area contributed by atoms with Gasteiger partial charge in [-0.3, -0.25) is 9.79 Å². The lowest BCUT2D eigenvalue weighted by Gasteiger charge is -2.25. The molecule has 0 aromatic heterocycles. The second-order valence-corrected chi connectivity index (χ2v) is 5.01. The molecule has 0 spiro atoms. The summed E-state index contributed by atoms with van der Waals surface area (Å²) < 4.78 is 0. The summed E-state index contributed by atoms with van der Waals surface area (Å²) in [5, 5.41) is 0. The second-order valence-electron chi connectivity index (χ2n) is 5.01. The van der Waals surface area contributed by atoms with Crippen LogP contribution in [0.2, 0.25) is 0 Å². The number of ketones is 1. The number of hydrogen-bond acceptors (Lipinski definition) is 2. The van der Waals surface area contributed by atoms with E-state index in [0.717, 1.165) is 6.42 Å². The summed E-state index contributed by atoms with van der Waals surface area (Å²) in [4.78, 5) is 15.8. The maximum Gasteiger partial charge on any atom is 0.138 e. The molecule has 2 heteroatoms. The molecule has 0 fully saturated rings. The predicted octanol–water partition coefficient (Wildman–Crippen LogP) is 3.11. The highest BCUT2D eigenvalue weighted by Crippen LogP contribution is 2.25. The zero-order valence-electron chi connectivity index (χ0n) is 10.3. The van der Waals surface area contributed by atoms with Crippen molar-refractivity contribution in [2.24, 2.45) is 16.3 Å². The Hall–Kier alpha value is -0.660. The molecule has 0 saturated carbocycles. The topological polar surface area (TPSA) is 29.4 Å². The molecule has 0 aromatic rings. The van der Waals surface area contributed by atoms with E-state index in [2.05, 4.69) is 39.6 Å². The van der Waals surface area contributed by atoms with Crippen LogP contribution in [0.4, 0.5) is 0 Å². The van der Waals surface area contributed by atoms with Gasteiger partial charge < -0.3 is 0 Å². The molecule has 0 rings (SSSR count). The van der Waals surface area contributed by atoms with Crippen LogP contribution in [-0.4, -0.2) is 18.0 Å². The van der Waals surface area contributed by atoms with Crippen LogP contribution in [0.15, 0.2) is 4.99 Å². The average Bonchev–Trinajstić information content (AvgIpc) is 2.01. The van der Waals surface area contributed by atoms with Crippen molar-refractivity contribution in [2.75, 3.05) is 0 Å². The van der Waals surface area contributed by atoms with Crippen LogP contribution in [0.3, 0.4) is 0 Å². The fourth-order valence-corrected chi connectivity index (χ4v) is 1.28. The van der Waals surface area contributed by atoms with E-state index >= 15 is 0 Å². The lowest BCUT2D eigenvalue weighted by atomic mass is 9.79. The van der Waals surface area contributed by atoms with E-state index in [-0.39, 0.29) is 17.1 Å². The summed E-state index contributed by atoms with van der Waals surface area (Å²) in [5.41, 5.74) is -0.0250. The minimum atomic E-state index is -0.0588. The van der Waals surface area contributed by atoms with Gasteiger partial charge in [-0.1, -0.05) is 27.7 Å². The lowest BCUT2D eigenvalue weighted by molar-refractivity contribution is -0.121. The number of Topliss-reactive ketones (excluding diaryl/α,β-unsaturated/α-hetero) is 1. The van der Waals surface area contributed by atoms with Crippen molar-refractivity contribution in [1.82, 2.24) is 0 Å². The Morgan fingerprint density at radius 3 is 2.21 bits per heavy atom. The van der Waals surface area contributed by atoms with Crippen molar-refractivity contribution in [3.8, 4) is 0 Å². The second kappa shape index (κ2) is 5.28. The first-order valence-corrected chi connectivity index (χ1v) is 5.32. The monoisotopic (exact) mass is 197 g/mol. The van der Waals surface area contributed by atoms with Gasteiger partial charge in [0.05, 0.1) is 5.92 Å². The molecule has 82 valence electrons. The molecule has 0 aromatic carbocycles. The molecule has 1 unspecified atom stereocenters. The smallest absolute Gasteiger partial charge is 0.138 e. The summed E-state index contributed by atoms with van der Waals surface area (Å²) in [6.07, 6.45) is 2.85. The number of nitrogens with zero attached hydrogens (tertiary/aromatic N) is 1. The third-order valence-corrected chi connectivity index (χ3v) is 2.45. The van der Waals surface area contributed by atoms with Gasteiger partial charge in [0.25, 0.3) is 0 Å². The van der Waals surface area contributed by atoms with Crippen molar-refractivity contribution in [1.29, 1.82) is 0 Å². The molecule has 0 aliphatic rings. The van der Waals surface area contributed by atoms with Gasteiger partial charge in [-0.15, -0.1) is 0 Å². The summed E-state index contributed by atoms with van der Waals surface area (Å²) in [5.74, 6) is 0.140. The molecular weight excluding hydrogens is 174 g/mol. The van der Waals surface area contributed by atoms with Crippen molar-refractivity contribution in [2.45, 2.75) is 54.0 Å². The van der Waals surface area contributed by atoms with Gasteiger partial charge >= 0.3 is 0 Å². The van der Waals surface area contributed by atoms with Crippen LogP contribution in [-0.2, 0) is 4.79 Å². The maximum absolute atomic E-state index is 11.4. The number of aliphatic imine (C=N–C) groups is 1. The van der Waals surface area contributed by atoms with Crippen LogP contribution < -0.4 is 0 Å². The summed E-state index contributed by atoms with van der Waals surface area (Å²) in [6.45, 7) is 12.0. The molecule has 0 N–H and O–H groups in total. The molecule has 0 bridgehead atoms. The molecule has 0 radical (unpaired) electrons. The van der Waals surface area contributed by atoms with Gasteiger partial charge in [0.2, 0.25) is 0 Å². The molecule has 0 aliphatic carbocycles. The fourth-order valence-electron chi connectivity index (χ4n) is 1.28. The Bertz CT molecular complexity index is 213. The molecule has 0 saturated heterocycles. The highest BCUT2D eigenvalue weighted by atomic mass is 16.1. The van der Waals surface area contributed by atoms with Crippen LogP contribution in [0.5, 0.6) is 0 Å². The van der Waals surface area contributed by atoms with Crippen molar-refractivity contribution < 1.29 is 4.79 Å². The summed E-state index contributed by atoms with van der Waals surface area (Å²) >= 11 is 0. The third kappa shape index (κ3) is 4.54. The zero-order chi connectivity index (χ0) is 11.4. The number of carbonyl (C=O) groups excluding carboxylic acids is 1. The van der Waals surface area contributed by atoms with E-state index in [9.17, 15) is 4.79 Å². The van der Waals surface area contributed by atoms with Gasteiger partial charge in [-0.05, 0) is 25.7 Å². The molecule has 2 atom stereocenters. The van der Waals surface area contributed by atoms with E-state index in [1.165, 1.54) is 0 Å². The number of carbonyl (C=O) groups is 1. The Balaban J connectivity index is 4.55. The van der Waals surface area contributed by atoms with Gasteiger partial charge in [-0.2, -0.15) is 0 Å². The van der Waals surface area contributed by atoms with Gasteiger partial charge in [0, 0.05) is 12.3 Å². The van der Waals surface area contributed by atoms with Crippen LogP contribution >= 0.6 is 0 Å². The first kappa shape index (κ1) is 13.3. The largest absolute Gasteiger partial charge is 0.299 e. The Kier molecular flexibility index (Phi) is 5.03. The Morgan fingerprint density at radius 2 is 1.93 bits per heavy atom. The highest BCUT2D eigenvalue weighted by Gasteiger charge is 2.26. The van der Waals surface area contributed by atoms with Crippen LogP contribution in [0.25, 0.3) is 0 Å². The van der Waals surface area contributed by atoms with Crippen LogP contribution in [0, 0.1) is 11.3 Å². The first-order chi connectivity index (χ1) is 6.29. The summed E-state index contributed by atoms with van der Waals surface area (Å²) in [6, 6.07) is 0.319. The molecule has 0 aliphatic heterocycles. The van der Waals surface area contributed by atoms with Crippen LogP contribution in [0.1, 0.15) is 48.0 Å². The Labute approximate surface area is 87.8 Å². The first-order valence-electron chi connectivity index (χ1n) is 5.32. The van der Waals surface area contributed by atoms with Crippen molar-refractivity contribution in [3.05, 3.63) is 0 Å². The molecular formula is C12H23NO. The van der Waals surface area contributed by atoms with Crippen molar-refractivity contribution >= 4 is 12.0 Å². The van der Waals surface area contributed by atoms with E-state index in [1.807, 2.05) is 6.21 Å². The van der Waals surface area contributed by atoms with Gasteiger partial charge in [0.15, 0.2) is 0 Å². The van der Waals surface area contributed by atoms with E-state index in [0.29, 0.717) is 6.04 Å². The minimum absolute atomic E-state index is 0.0250. The molecule has 0 amide bonds. The minimum Gasteiger partial charge on any atom is -0.299 e. The van der Waals surface area contributed by atoms with Crippen molar-refractivity contribution in [3.63, 3.8) is 0 Å². The van der Waals surface area contributed by atoms with E-state index < -0.39 is 0 Å². The molecule has 14 heavy (non-hydrogen) atoms. The standard InChI is InChI=1S/C12H23NO/c1-7-9(2)13-8-11(10(3)14)12(4,5)6/h8-9,11H,7H2,1-6H3/t9?,11-/m1/s1. The van der Waals surface area contributed by atoms with E-state index in [4.69, 9.17) is 0 Å². The number of hydrogen-bond donors (Lipinski definition) is 0. The maximum atomic E-state index is 11.4. The zero-order valence-corrected chi connectivity index (χ0v) is 10.3. The van der Waals surface area contributed by atoms with E-state index in [1.54, 1.807) is 6.92 Å². The quantitative estimate of drug-likeness (QED) is 0.637.